The molecule has 3 atom stereocenters. The van der Waals surface area contributed by atoms with E-state index in [1.807, 2.05) is 24.3 Å². The molecule has 0 aromatic heterocycles. The third kappa shape index (κ3) is 2.99. The summed E-state index contributed by atoms with van der Waals surface area (Å²) in [7, 11) is 0. The summed E-state index contributed by atoms with van der Waals surface area (Å²) in [6.45, 7) is 4.75. The van der Waals surface area contributed by atoms with Crippen molar-refractivity contribution in [1.82, 2.24) is 0 Å². The fraction of sp³-hybridized carbons (Fsp3) is 0.600. The first-order chi connectivity index (χ1) is 8.54. The highest BCUT2D eigenvalue weighted by atomic mass is 35.5. The molecule has 18 heavy (non-hydrogen) atoms. The van der Waals surface area contributed by atoms with Crippen LogP contribution < -0.4 is 5.32 Å². The Labute approximate surface area is 114 Å². The summed E-state index contributed by atoms with van der Waals surface area (Å²) in [5.74, 6) is 1.38. The van der Waals surface area contributed by atoms with Crippen molar-refractivity contribution in [3.8, 4) is 0 Å². The molecule has 2 N–H and O–H groups in total. The van der Waals surface area contributed by atoms with Crippen LogP contribution in [0.5, 0.6) is 0 Å². The lowest BCUT2D eigenvalue weighted by atomic mass is 9.71. The fourth-order valence-electron chi connectivity index (χ4n) is 2.88. The summed E-state index contributed by atoms with van der Waals surface area (Å²) in [6.07, 6.45) is 3.19. The van der Waals surface area contributed by atoms with E-state index in [4.69, 9.17) is 11.6 Å². The summed E-state index contributed by atoms with van der Waals surface area (Å²) in [6, 6.07) is 7.72. The van der Waals surface area contributed by atoms with Gasteiger partial charge in [-0.05, 0) is 49.3 Å². The minimum absolute atomic E-state index is 0.177. The molecule has 1 aromatic rings. The van der Waals surface area contributed by atoms with Crippen LogP contribution in [0.1, 0.15) is 33.1 Å². The molecule has 0 saturated heterocycles. The smallest absolute Gasteiger partial charge is 0.0661 e. The van der Waals surface area contributed by atoms with E-state index in [-0.39, 0.29) is 12.1 Å². The maximum absolute atomic E-state index is 9.78. The van der Waals surface area contributed by atoms with Gasteiger partial charge in [0.2, 0.25) is 0 Å². The average Bonchev–Trinajstić information content (AvgIpc) is 2.34. The van der Waals surface area contributed by atoms with Gasteiger partial charge in [0.05, 0.1) is 12.1 Å². The molecule has 2 rings (SSSR count). The van der Waals surface area contributed by atoms with Gasteiger partial charge >= 0.3 is 0 Å². The topological polar surface area (TPSA) is 32.3 Å². The molecule has 0 radical (unpaired) electrons. The van der Waals surface area contributed by atoms with Crippen molar-refractivity contribution in [1.29, 1.82) is 0 Å². The molecule has 1 aromatic carbocycles. The first-order valence-electron chi connectivity index (χ1n) is 6.69. The van der Waals surface area contributed by atoms with E-state index >= 15 is 0 Å². The molecule has 100 valence electrons. The van der Waals surface area contributed by atoms with Crippen LogP contribution >= 0.6 is 11.6 Å². The van der Waals surface area contributed by atoms with Gasteiger partial charge in [-0.2, -0.15) is 0 Å². The van der Waals surface area contributed by atoms with E-state index in [1.165, 1.54) is 0 Å². The normalized spacial score (nSPS) is 32.2. The number of rotatable bonds is 3. The Morgan fingerprint density at radius 2 is 2.17 bits per heavy atom. The highest BCUT2D eigenvalue weighted by Gasteiger charge is 2.37. The lowest BCUT2D eigenvalue weighted by Crippen LogP contribution is -2.47. The predicted octanol–water partition coefficient (Wildman–Crippen LogP) is 3.94. The van der Waals surface area contributed by atoms with Gasteiger partial charge in [0.25, 0.3) is 0 Å². The molecule has 1 aliphatic carbocycles. The Morgan fingerprint density at radius 1 is 1.39 bits per heavy atom. The summed E-state index contributed by atoms with van der Waals surface area (Å²) in [5, 5.41) is 14.0. The zero-order chi connectivity index (χ0) is 13.2. The van der Waals surface area contributed by atoms with Crippen LogP contribution in [0.4, 0.5) is 5.69 Å². The fourth-order valence-corrected chi connectivity index (χ4v) is 3.07. The van der Waals surface area contributed by atoms with Crippen LogP contribution in [0.15, 0.2) is 24.3 Å². The Morgan fingerprint density at radius 3 is 2.78 bits per heavy atom. The molecule has 0 spiro atoms. The van der Waals surface area contributed by atoms with Crippen molar-refractivity contribution in [3.05, 3.63) is 29.3 Å². The van der Waals surface area contributed by atoms with Gasteiger partial charge in [-0.1, -0.05) is 31.5 Å². The maximum Gasteiger partial charge on any atom is 0.0661 e. The number of halogens is 1. The molecular formula is C15H22ClNO. The van der Waals surface area contributed by atoms with Crippen molar-refractivity contribution >= 4 is 17.3 Å². The first kappa shape index (κ1) is 13.7. The number of hydrogen-bond donors (Lipinski definition) is 2. The van der Waals surface area contributed by atoms with Crippen molar-refractivity contribution in [2.45, 2.75) is 38.6 Å². The highest BCUT2D eigenvalue weighted by Crippen LogP contribution is 2.38. The molecule has 2 nitrogen and oxygen atoms in total. The summed E-state index contributed by atoms with van der Waals surface area (Å²) in [4.78, 5) is 0. The summed E-state index contributed by atoms with van der Waals surface area (Å²) in [5.41, 5.74) is 0.815. The molecule has 0 aliphatic heterocycles. The average molecular weight is 268 g/mol. The minimum atomic E-state index is -0.184. The van der Waals surface area contributed by atoms with Crippen molar-refractivity contribution < 1.29 is 5.11 Å². The van der Waals surface area contributed by atoms with Crippen LogP contribution in [-0.4, -0.2) is 17.3 Å². The minimum Gasteiger partial charge on any atom is -0.394 e. The number of hydrogen-bond acceptors (Lipinski definition) is 2. The highest BCUT2D eigenvalue weighted by molar-refractivity contribution is 6.30. The molecular weight excluding hydrogens is 246 g/mol. The quantitative estimate of drug-likeness (QED) is 0.869. The van der Waals surface area contributed by atoms with Crippen molar-refractivity contribution in [2.24, 2.45) is 11.8 Å². The van der Waals surface area contributed by atoms with E-state index in [9.17, 15) is 5.11 Å². The Bertz CT molecular complexity index is 409. The first-order valence-corrected chi connectivity index (χ1v) is 7.07. The molecule has 0 heterocycles. The van der Waals surface area contributed by atoms with Gasteiger partial charge in [-0.25, -0.2) is 0 Å². The molecule has 1 saturated carbocycles. The molecule has 3 unspecified atom stereocenters. The SMILES string of the molecule is CC1CCC(CO)(Nc2cccc(Cl)c2)CC1C. The van der Waals surface area contributed by atoms with Crippen LogP contribution in [0, 0.1) is 11.8 Å². The standard InChI is InChI=1S/C15H22ClNO/c1-11-6-7-15(10-18,9-12(11)2)17-14-5-3-4-13(16)8-14/h3-5,8,11-12,17-18H,6-7,9-10H2,1-2H3. The van der Waals surface area contributed by atoms with Crippen LogP contribution in [0.2, 0.25) is 5.02 Å². The third-order valence-corrected chi connectivity index (χ3v) is 4.53. The van der Waals surface area contributed by atoms with Gasteiger partial charge in [0.15, 0.2) is 0 Å². The lowest BCUT2D eigenvalue weighted by molar-refractivity contribution is 0.121. The second kappa shape index (κ2) is 5.50. The largest absolute Gasteiger partial charge is 0.394 e. The molecule has 0 amide bonds. The number of nitrogens with one attached hydrogen (secondary N) is 1. The molecule has 3 heteroatoms. The predicted molar refractivity (Wildman–Crippen MR) is 77.1 cm³/mol. The van der Waals surface area contributed by atoms with Gasteiger partial charge in [-0.15, -0.1) is 0 Å². The monoisotopic (exact) mass is 267 g/mol. The zero-order valence-electron chi connectivity index (χ0n) is 11.1. The Kier molecular flexibility index (Phi) is 4.18. The van der Waals surface area contributed by atoms with E-state index < -0.39 is 0 Å². The number of aliphatic hydroxyl groups excluding tert-OH is 1. The Hall–Kier alpha value is -0.730. The maximum atomic E-state index is 9.78. The van der Waals surface area contributed by atoms with E-state index in [2.05, 4.69) is 19.2 Å². The van der Waals surface area contributed by atoms with Gasteiger partial charge in [-0.3, -0.25) is 0 Å². The lowest BCUT2D eigenvalue weighted by Gasteiger charge is -2.43. The number of anilines is 1. The van der Waals surface area contributed by atoms with E-state index in [0.717, 1.165) is 35.9 Å². The van der Waals surface area contributed by atoms with E-state index in [0.29, 0.717) is 5.92 Å². The van der Waals surface area contributed by atoms with Gasteiger partial charge in [0, 0.05) is 10.7 Å². The van der Waals surface area contributed by atoms with Crippen LogP contribution in [-0.2, 0) is 0 Å². The van der Waals surface area contributed by atoms with Crippen molar-refractivity contribution in [2.75, 3.05) is 11.9 Å². The number of aliphatic hydroxyl groups is 1. The molecule has 0 bridgehead atoms. The number of benzene rings is 1. The third-order valence-electron chi connectivity index (χ3n) is 4.30. The zero-order valence-corrected chi connectivity index (χ0v) is 11.9. The summed E-state index contributed by atoms with van der Waals surface area (Å²) < 4.78 is 0. The molecule has 1 aliphatic rings. The van der Waals surface area contributed by atoms with Crippen LogP contribution in [0.25, 0.3) is 0 Å². The summed E-state index contributed by atoms with van der Waals surface area (Å²) >= 11 is 6.00. The van der Waals surface area contributed by atoms with Gasteiger partial charge < -0.3 is 10.4 Å². The second-order valence-corrected chi connectivity index (χ2v) is 6.21. The Balaban J connectivity index is 2.13. The van der Waals surface area contributed by atoms with Crippen LogP contribution in [0.3, 0.4) is 0 Å². The van der Waals surface area contributed by atoms with Gasteiger partial charge in [0.1, 0.15) is 0 Å². The molecule has 1 fully saturated rings. The van der Waals surface area contributed by atoms with E-state index in [1.54, 1.807) is 0 Å². The second-order valence-electron chi connectivity index (χ2n) is 5.77. The van der Waals surface area contributed by atoms with Crippen molar-refractivity contribution in [3.63, 3.8) is 0 Å².